The van der Waals surface area contributed by atoms with Gasteiger partial charge in [0.2, 0.25) is 11.7 Å². The molecule has 0 unspecified atom stereocenters. The van der Waals surface area contributed by atoms with E-state index in [1.54, 1.807) is 30.3 Å². The molecule has 7 heteroatoms. The zero-order valence-corrected chi connectivity index (χ0v) is 17.5. The predicted molar refractivity (Wildman–Crippen MR) is 116 cm³/mol. The number of benzene rings is 2. The minimum Gasteiger partial charge on any atom is -0.479 e. The second-order valence-corrected chi connectivity index (χ2v) is 7.35. The maximum Gasteiger partial charge on any atom is 0.254 e. The lowest BCUT2D eigenvalue weighted by molar-refractivity contribution is -0.116. The van der Waals surface area contributed by atoms with Crippen LogP contribution in [0.25, 0.3) is 11.0 Å². The van der Waals surface area contributed by atoms with Crippen molar-refractivity contribution < 1.29 is 23.3 Å². The molecule has 0 fully saturated rings. The number of anilines is 1. The highest BCUT2D eigenvalue weighted by atomic mass is 16.5. The summed E-state index contributed by atoms with van der Waals surface area (Å²) in [5.74, 6) is 0.940. The largest absolute Gasteiger partial charge is 0.479 e. The first-order chi connectivity index (χ1) is 14.9. The summed E-state index contributed by atoms with van der Waals surface area (Å²) in [7, 11) is 1.50. The van der Waals surface area contributed by atoms with Crippen LogP contribution in [0.4, 0.5) is 5.69 Å². The van der Waals surface area contributed by atoms with Gasteiger partial charge in [0.25, 0.3) is 5.88 Å². The third-order valence-corrected chi connectivity index (χ3v) is 5.08. The lowest BCUT2D eigenvalue weighted by Crippen LogP contribution is -2.12. The van der Waals surface area contributed by atoms with Crippen LogP contribution in [0.2, 0.25) is 0 Å². The number of aryl methyl sites for hydroxylation is 3. The van der Waals surface area contributed by atoms with Crippen LogP contribution in [0.1, 0.15) is 39.4 Å². The molecular weight excluding hydrogens is 396 g/mol. The fourth-order valence-corrected chi connectivity index (χ4v) is 3.32. The molecule has 0 aliphatic heterocycles. The van der Waals surface area contributed by atoms with Gasteiger partial charge in [-0.15, -0.1) is 0 Å². The number of ketones is 1. The third-order valence-electron chi connectivity index (χ3n) is 5.08. The molecule has 0 saturated heterocycles. The molecular formula is C24H22N2O5. The number of amides is 1. The van der Waals surface area contributed by atoms with Crippen LogP contribution in [0.15, 0.2) is 57.5 Å². The van der Waals surface area contributed by atoms with Crippen molar-refractivity contribution in [2.75, 3.05) is 12.4 Å². The van der Waals surface area contributed by atoms with E-state index in [-0.39, 0.29) is 18.1 Å². The molecule has 1 N–H and O–H groups in total. The Bertz CT molecular complexity index is 1250. The maximum absolute atomic E-state index is 12.9. The number of aromatic nitrogens is 1. The van der Waals surface area contributed by atoms with Crippen LogP contribution in [-0.2, 0) is 11.2 Å². The molecule has 0 atom stereocenters. The molecule has 4 rings (SSSR count). The topological polar surface area (TPSA) is 94.6 Å². The molecule has 0 bridgehead atoms. The van der Waals surface area contributed by atoms with E-state index in [1.807, 2.05) is 32.0 Å². The number of nitrogens with zero attached hydrogens (tertiary/aromatic N) is 1. The quantitative estimate of drug-likeness (QED) is 0.431. The summed E-state index contributed by atoms with van der Waals surface area (Å²) in [6, 6.07) is 14.4. The second-order valence-electron chi connectivity index (χ2n) is 7.35. The Balaban J connectivity index is 1.48. The summed E-state index contributed by atoms with van der Waals surface area (Å²) in [6.07, 6.45) is 0.641. The average Bonchev–Trinajstić information content (AvgIpc) is 3.37. The number of hydrogen-bond acceptors (Lipinski definition) is 6. The van der Waals surface area contributed by atoms with Crippen LogP contribution < -0.4 is 10.1 Å². The van der Waals surface area contributed by atoms with Crippen molar-refractivity contribution >= 4 is 28.3 Å². The summed E-state index contributed by atoms with van der Waals surface area (Å²) in [6.45, 7) is 3.81. The van der Waals surface area contributed by atoms with Gasteiger partial charge in [0.15, 0.2) is 5.76 Å². The van der Waals surface area contributed by atoms with Crippen LogP contribution in [0, 0.1) is 13.8 Å². The monoisotopic (exact) mass is 418 g/mol. The Kier molecular flexibility index (Phi) is 5.58. The average molecular weight is 418 g/mol. The molecule has 0 aliphatic rings. The Morgan fingerprint density at radius 3 is 2.55 bits per heavy atom. The van der Waals surface area contributed by atoms with Crippen molar-refractivity contribution in [2.24, 2.45) is 0 Å². The molecule has 0 radical (unpaired) electrons. The van der Waals surface area contributed by atoms with E-state index in [2.05, 4.69) is 10.5 Å². The smallest absolute Gasteiger partial charge is 0.254 e. The summed E-state index contributed by atoms with van der Waals surface area (Å²) < 4.78 is 15.9. The molecule has 0 spiro atoms. The summed E-state index contributed by atoms with van der Waals surface area (Å²) >= 11 is 0. The molecule has 0 saturated carbocycles. The van der Waals surface area contributed by atoms with Gasteiger partial charge >= 0.3 is 0 Å². The van der Waals surface area contributed by atoms with E-state index in [0.717, 1.165) is 16.5 Å². The molecule has 1 amide bonds. The number of carbonyl (C=O) groups excluding carboxylic acids is 2. The number of carbonyl (C=O) groups is 2. The number of fused-ring (bicyclic) bond motifs is 1. The van der Waals surface area contributed by atoms with Crippen molar-refractivity contribution in [3.05, 3.63) is 76.7 Å². The number of methoxy groups -OCH3 is 1. The molecule has 158 valence electrons. The zero-order chi connectivity index (χ0) is 22.0. The lowest BCUT2D eigenvalue weighted by Gasteiger charge is -2.04. The number of rotatable bonds is 7. The van der Waals surface area contributed by atoms with Gasteiger partial charge in [-0.05, 0) is 37.2 Å². The first kappa shape index (κ1) is 20.4. The Labute approximate surface area is 179 Å². The van der Waals surface area contributed by atoms with Crippen molar-refractivity contribution in [3.8, 4) is 5.88 Å². The Morgan fingerprint density at radius 2 is 1.84 bits per heavy atom. The summed E-state index contributed by atoms with van der Waals surface area (Å²) in [5.41, 5.74) is 3.63. The van der Waals surface area contributed by atoms with Crippen LogP contribution in [0.3, 0.4) is 0 Å². The number of nitrogens with one attached hydrogen (secondary N) is 1. The Morgan fingerprint density at radius 1 is 1.06 bits per heavy atom. The highest BCUT2D eigenvalue weighted by Crippen LogP contribution is 2.29. The van der Waals surface area contributed by atoms with Gasteiger partial charge in [-0.1, -0.05) is 29.8 Å². The van der Waals surface area contributed by atoms with Crippen molar-refractivity contribution in [2.45, 2.75) is 26.7 Å². The van der Waals surface area contributed by atoms with E-state index in [0.29, 0.717) is 40.7 Å². The van der Waals surface area contributed by atoms with Crippen molar-refractivity contribution in [1.82, 2.24) is 5.16 Å². The highest BCUT2D eigenvalue weighted by molar-refractivity contribution is 6.10. The van der Waals surface area contributed by atoms with Crippen molar-refractivity contribution in [3.63, 3.8) is 0 Å². The number of hydrogen-bond donors (Lipinski definition) is 1. The maximum atomic E-state index is 12.9. The van der Waals surface area contributed by atoms with Gasteiger partial charge < -0.3 is 19.0 Å². The summed E-state index contributed by atoms with van der Waals surface area (Å²) in [4.78, 5) is 25.2. The normalized spacial score (nSPS) is 10.9. The molecule has 2 aromatic heterocycles. The van der Waals surface area contributed by atoms with Crippen LogP contribution in [-0.4, -0.2) is 24.0 Å². The van der Waals surface area contributed by atoms with E-state index in [1.165, 1.54) is 7.11 Å². The number of ether oxygens (including phenoxy) is 1. The lowest BCUT2D eigenvalue weighted by atomic mass is 10.0. The first-order valence-electron chi connectivity index (χ1n) is 9.88. The fourth-order valence-electron chi connectivity index (χ4n) is 3.32. The van der Waals surface area contributed by atoms with Crippen LogP contribution in [0.5, 0.6) is 5.88 Å². The molecule has 31 heavy (non-hydrogen) atoms. The van der Waals surface area contributed by atoms with Gasteiger partial charge in [-0.25, -0.2) is 0 Å². The first-order valence-corrected chi connectivity index (χ1v) is 9.88. The molecule has 2 heterocycles. The summed E-state index contributed by atoms with van der Waals surface area (Å²) in [5, 5.41) is 7.37. The highest BCUT2D eigenvalue weighted by Gasteiger charge is 2.19. The second kappa shape index (κ2) is 8.47. The molecule has 2 aromatic carbocycles. The van der Waals surface area contributed by atoms with E-state index in [4.69, 9.17) is 13.7 Å². The van der Waals surface area contributed by atoms with Gasteiger partial charge in [-0.2, -0.15) is 0 Å². The number of furan rings is 1. The third kappa shape index (κ3) is 4.35. The zero-order valence-electron chi connectivity index (χ0n) is 17.5. The van der Waals surface area contributed by atoms with Gasteiger partial charge in [0.1, 0.15) is 11.3 Å². The SMILES string of the molecule is COc1cc(CCC(=O)Nc2ccc3oc(C(=O)c4ccc(C)cc4)c(C)c3c2)on1. The van der Waals surface area contributed by atoms with Gasteiger partial charge in [-0.3, -0.25) is 9.59 Å². The Hall–Kier alpha value is -3.87. The van der Waals surface area contributed by atoms with E-state index < -0.39 is 0 Å². The molecule has 7 nitrogen and oxygen atoms in total. The fraction of sp³-hybridized carbons (Fsp3) is 0.208. The van der Waals surface area contributed by atoms with Crippen LogP contribution >= 0.6 is 0 Å². The predicted octanol–water partition coefficient (Wildman–Crippen LogP) is 4.85. The molecule has 4 aromatic rings. The van der Waals surface area contributed by atoms with E-state index in [9.17, 15) is 9.59 Å². The van der Waals surface area contributed by atoms with Gasteiger partial charge in [0, 0.05) is 41.1 Å². The standard InChI is InChI=1S/C24H22N2O5/c1-14-4-6-16(7-5-14)23(28)24-15(2)19-12-17(8-10-20(19)30-24)25-21(27)11-9-18-13-22(29-3)26-31-18/h4-8,10,12-13H,9,11H2,1-3H3,(H,25,27). The molecule has 0 aliphatic carbocycles. The van der Waals surface area contributed by atoms with Gasteiger partial charge in [0.05, 0.1) is 7.11 Å². The van der Waals surface area contributed by atoms with Crippen molar-refractivity contribution in [1.29, 1.82) is 0 Å². The van der Waals surface area contributed by atoms with E-state index >= 15 is 0 Å². The minimum atomic E-state index is -0.165. The minimum absolute atomic E-state index is 0.160.